The molecular weight excluding hydrogens is 166 g/mol. The first-order chi connectivity index (χ1) is 6.15. The van der Waals surface area contributed by atoms with Crippen molar-refractivity contribution < 1.29 is 4.79 Å². The number of carbonyl (C=O) groups is 1. The van der Waals surface area contributed by atoms with E-state index in [1.165, 1.54) is 6.33 Å². The highest BCUT2D eigenvalue weighted by atomic mass is 16.1. The molecule has 0 aliphatic heterocycles. The average molecular weight is 181 g/mol. The largest absolute Gasteiger partial charge is 0.299 e. The van der Waals surface area contributed by atoms with E-state index in [0.29, 0.717) is 12.8 Å². The Morgan fingerprint density at radius 2 is 2.38 bits per heavy atom. The lowest BCUT2D eigenvalue weighted by atomic mass is 10.0. The van der Waals surface area contributed by atoms with Gasteiger partial charge in [-0.15, -0.1) is 0 Å². The lowest BCUT2D eigenvalue weighted by molar-refractivity contribution is -0.122. The number of aromatic nitrogens is 3. The summed E-state index contributed by atoms with van der Waals surface area (Å²) in [7, 11) is 1.84. The molecule has 0 saturated carbocycles. The van der Waals surface area contributed by atoms with Gasteiger partial charge in [0.25, 0.3) is 0 Å². The smallest absolute Gasteiger partial charge is 0.138 e. The van der Waals surface area contributed by atoms with Crippen molar-refractivity contribution in [3.63, 3.8) is 0 Å². The van der Waals surface area contributed by atoms with Gasteiger partial charge in [-0.2, -0.15) is 5.10 Å². The molecular formula is C9H15N3O. The SMILES string of the molecule is CCC(=O)C(C)Cc1ncnn1C. The molecule has 0 spiro atoms. The van der Waals surface area contributed by atoms with Crippen molar-refractivity contribution in [3.8, 4) is 0 Å². The van der Waals surface area contributed by atoms with Gasteiger partial charge in [-0.3, -0.25) is 9.48 Å². The molecule has 1 aromatic heterocycles. The summed E-state index contributed by atoms with van der Waals surface area (Å²) in [6.07, 6.45) is 2.79. The van der Waals surface area contributed by atoms with E-state index in [1.54, 1.807) is 4.68 Å². The minimum absolute atomic E-state index is 0.0490. The van der Waals surface area contributed by atoms with Crippen LogP contribution in [0.1, 0.15) is 26.1 Å². The van der Waals surface area contributed by atoms with E-state index in [-0.39, 0.29) is 11.7 Å². The number of nitrogens with zero attached hydrogens (tertiary/aromatic N) is 3. The Bertz CT molecular complexity index is 293. The average Bonchev–Trinajstić information content (AvgIpc) is 2.50. The number of hydrogen-bond donors (Lipinski definition) is 0. The van der Waals surface area contributed by atoms with Gasteiger partial charge in [-0.25, -0.2) is 4.98 Å². The van der Waals surface area contributed by atoms with Gasteiger partial charge < -0.3 is 0 Å². The van der Waals surface area contributed by atoms with Crippen molar-refractivity contribution in [1.82, 2.24) is 14.8 Å². The van der Waals surface area contributed by atoms with Crippen molar-refractivity contribution in [2.45, 2.75) is 26.7 Å². The van der Waals surface area contributed by atoms with Crippen molar-refractivity contribution >= 4 is 5.78 Å². The minimum atomic E-state index is 0.0490. The van der Waals surface area contributed by atoms with Gasteiger partial charge in [0.05, 0.1) is 0 Å². The minimum Gasteiger partial charge on any atom is -0.299 e. The van der Waals surface area contributed by atoms with E-state index in [4.69, 9.17) is 0 Å². The zero-order chi connectivity index (χ0) is 9.84. The highest BCUT2D eigenvalue weighted by molar-refractivity contribution is 5.80. The molecule has 4 nitrogen and oxygen atoms in total. The van der Waals surface area contributed by atoms with Crippen molar-refractivity contribution in [2.24, 2.45) is 13.0 Å². The molecule has 0 radical (unpaired) electrons. The number of ketones is 1. The Morgan fingerprint density at radius 1 is 1.69 bits per heavy atom. The van der Waals surface area contributed by atoms with Crippen LogP contribution in [0.3, 0.4) is 0 Å². The third-order valence-electron chi connectivity index (χ3n) is 2.19. The molecule has 72 valence electrons. The Labute approximate surface area is 78.0 Å². The van der Waals surface area contributed by atoms with Crippen LogP contribution in [-0.2, 0) is 18.3 Å². The second-order valence-electron chi connectivity index (χ2n) is 3.22. The van der Waals surface area contributed by atoms with Gasteiger partial charge in [0, 0.05) is 25.8 Å². The summed E-state index contributed by atoms with van der Waals surface area (Å²) in [5.74, 6) is 1.20. The van der Waals surface area contributed by atoms with Crippen molar-refractivity contribution in [3.05, 3.63) is 12.2 Å². The molecule has 0 bridgehead atoms. The van der Waals surface area contributed by atoms with Crippen LogP contribution in [0.2, 0.25) is 0 Å². The Hall–Kier alpha value is -1.19. The molecule has 4 heteroatoms. The first kappa shape index (κ1) is 9.89. The quantitative estimate of drug-likeness (QED) is 0.695. The molecule has 0 aromatic carbocycles. The molecule has 1 unspecified atom stereocenters. The zero-order valence-electron chi connectivity index (χ0n) is 8.32. The Kier molecular flexibility index (Phi) is 3.17. The maximum Gasteiger partial charge on any atom is 0.138 e. The topological polar surface area (TPSA) is 47.8 Å². The van der Waals surface area contributed by atoms with Gasteiger partial charge in [0.2, 0.25) is 0 Å². The first-order valence-corrected chi connectivity index (χ1v) is 4.50. The van der Waals surface area contributed by atoms with E-state index in [2.05, 4.69) is 10.1 Å². The highest BCUT2D eigenvalue weighted by Gasteiger charge is 2.13. The predicted octanol–water partition coefficient (Wildman–Crippen LogP) is 0.973. The number of carbonyl (C=O) groups excluding carboxylic acids is 1. The fourth-order valence-electron chi connectivity index (χ4n) is 1.24. The van der Waals surface area contributed by atoms with Crippen LogP contribution in [0, 0.1) is 5.92 Å². The number of Topliss-reactive ketones (excluding diaryl/α,β-unsaturated/α-hetero) is 1. The zero-order valence-corrected chi connectivity index (χ0v) is 8.32. The third-order valence-corrected chi connectivity index (χ3v) is 2.19. The molecule has 0 saturated heterocycles. The fourth-order valence-corrected chi connectivity index (χ4v) is 1.24. The lowest BCUT2D eigenvalue weighted by Gasteiger charge is -2.07. The Morgan fingerprint density at radius 3 is 2.85 bits per heavy atom. The second kappa shape index (κ2) is 4.16. The number of hydrogen-bond acceptors (Lipinski definition) is 3. The summed E-state index contributed by atoms with van der Waals surface area (Å²) < 4.78 is 1.71. The lowest BCUT2D eigenvalue weighted by Crippen LogP contribution is -2.15. The molecule has 0 aliphatic rings. The molecule has 1 atom stereocenters. The van der Waals surface area contributed by atoms with E-state index < -0.39 is 0 Å². The summed E-state index contributed by atoms with van der Waals surface area (Å²) in [5, 5.41) is 3.95. The third kappa shape index (κ3) is 2.37. The Balaban J connectivity index is 2.59. The maximum atomic E-state index is 11.3. The molecule has 0 aliphatic carbocycles. The highest BCUT2D eigenvalue weighted by Crippen LogP contribution is 2.07. The summed E-state index contributed by atoms with van der Waals surface area (Å²) in [5.41, 5.74) is 0. The van der Waals surface area contributed by atoms with Crippen LogP contribution in [0.5, 0.6) is 0 Å². The van der Waals surface area contributed by atoms with Crippen LogP contribution < -0.4 is 0 Å². The maximum absolute atomic E-state index is 11.3. The summed E-state index contributed by atoms with van der Waals surface area (Å²) >= 11 is 0. The van der Waals surface area contributed by atoms with Crippen LogP contribution >= 0.6 is 0 Å². The first-order valence-electron chi connectivity index (χ1n) is 4.50. The van der Waals surface area contributed by atoms with Gasteiger partial charge in [-0.1, -0.05) is 13.8 Å². The standard InChI is InChI=1S/C9H15N3O/c1-4-8(13)7(2)5-9-10-6-11-12(9)3/h6-7H,4-5H2,1-3H3. The van der Waals surface area contributed by atoms with Crippen molar-refractivity contribution in [1.29, 1.82) is 0 Å². The van der Waals surface area contributed by atoms with E-state index in [1.807, 2.05) is 20.9 Å². The van der Waals surface area contributed by atoms with E-state index in [9.17, 15) is 4.79 Å². The fraction of sp³-hybridized carbons (Fsp3) is 0.667. The summed E-state index contributed by atoms with van der Waals surface area (Å²) in [6, 6.07) is 0. The van der Waals surface area contributed by atoms with Crippen LogP contribution in [-0.4, -0.2) is 20.5 Å². The van der Waals surface area contributed by atoms with Gasteiger partial charge in [-0.05, 0) is 0 Å². The van der Waals surface area contributed by atoms with Crippen LogP contribution in [0.4, 0.5) is 0 Å². The summed E-state index contributed by atoms with van der Waals surface area (Å²) in [6.45, 7) is 3.82. The molecule has 1 aromatic rings. The van der Waals surface area contributed by atoms with E-state index >= 15 is 0 Å². The predicted molar refractivity (Wildman–Crippen MR) is 49.2 cm³/mol. The van der Waals surface area contributed by atoms with Crippen LogP contribution in [0.15, 0.2) is 6.33 Å². The molecule has 0 N–H and O–H groups in total. The molecule has 13 heavy (non-hydrogen) atoms. The number of rotatable bonds is 4. The second-order valence-corrected chi connectivity index (χ2v) is 3.22. The monoisotopic (exact) mass is 181 g/mol. The summed E-state index contributed by atoms with van der Waals surface area (Å²) in [4.78, 5) is 15.4. The van der Waals surface area contributed by atoms with Gasteiger partial charge in [0.15, 0.2) is 0 Å². The number of aryl methyl sites for hydroxylation is 1. The normalized spacial score (nSPS) is 12.8. The molecule has 1 heterocycles. The van der Waals surface area contributed by atoms with Crippen molar-refractivity contribution in [2.75, 3.05) is 0 Å². The van der Waals surface area contributed by atoms with Gasteiger partial charge >= 0.3 is 0 Å². The molecule has 0 fully saturated rings. The van der Waals surface area contributed by atoms with E-state index in [0.717, 1.165) is 5.82 Å². The van der Waals surface area contributed by atoms with Crippen LogP contribution in [0.25, 0.3) is 0 Å². The molecule has 0 amide bonds. The van der Waals surface area contributed by atoms with Gasteiger partial charge in [0.1, 0.15) is 17.9 Å². The molecule has 1 rings (SSSR count).